The van der Waals surface area contributed by atoms with Crippen molar-refractivity contribution in [2.45, 2.75) is 6.42 Å². The van der Waals surface area contributed by atoms with Crippen LogP contribution in [0, 0.1) is 0 Å². The Morgan fingerprint density at radius 2 is 1.37 bits per heavy atom. The molecule has 3 aromatic heterocycles. The normalized spacial score (nSPS) is 12.0. The second kappa shape index (κ2) is 8.71. The van der Waals surface area contributed by atoms with E-state index in [4.69, 9.17) is 15.5 Å². The Labute approximate surface area is 184 Å². The van der Waals surface area contributed by atoms with Crippen molar-refractivity contribution in [2.24, 2.45) is 5.73 Å². The van der Waals surface area contributed by atoms with Crippen molar-refractivity contribution < 1.29 is 21.8 Å². The van der Waals surface area contributed by atoms with Gasteiger partial charge in [-0.1, -0.05) is 0 Å². The van der Waals surface area contributed by atoms with Gasteiger partial charge in [0.25, 0.3) is 0 Å². The molecule has 0 saturated heterocycles. The molecule has 7 heteroatoms. The summed E-state index contributed by atoms with van der Waals surface area (Å²) in [6.45, 7) is 1.13. The molecule has 1 radical (unpaired) electrons. The predicted molar refractivity (Wildman–Crippen MR) is 118 cm³/mol. The Hall–Kier alpha value is -3.12. The Balaban J connectivity index is 0.00000218. The minimum Gasteiger partial charge on any atom is -0.489 e. The summed E-state index contributed by atoms with van der Waals surface area (Å²) in [6, 6.07) is 14.2. The van der Waals surface area contributed by atoms with Crippen LogP contribution in [0.2, 0.25) is 0 Å². The average molecular weight is 438 g/mol. The van der Waals surface area contributed by atoms with Gasteiger partial charge in [0.1, 0.15) is 5.69 Å². The van der Waals surface area contributed by atoms with Gasteiger partial charge in [0.2, 0.25) is 0 Å². The van der Waals surface area contributed by atoms with Crippen molar-refractivity contribution in [2.75, 3.05) is 13.2 Å². The van der Waals surface area contributed by atoms with E-state index in [1.54, 1.807) is 0 Å². The minimum atomic E-state index is 0. The SMILES string of the molecule is NCCCOc1c2nc(cc3ccc(cc4nc(cc5ccc1[nH]5)C=C4)[nH]3)C=C2.[Mn]. The summed E-state index contributed by atoms with van der Waals surface area (Å²) >= 11 is 0. The molecule has 8 bridgehead atoms. The summed E-state index contributed by atoms with van der Waals surface area (Å²) in [7, 11) is 0. The van der Waals surface area contributed by atoms with E-state index in [1.807, 2.05) is 66.8 Å². The van der Waals surface area contributed by atoms with Crippen LogP contribution in [0.3, 0.4) is 0 Å². The van der Waals surface area contributed by atoms with E-state index in [-0.39, 0.29) is 17.1 Å². The molecule has 0 aromatic carbocycles. The molecule has 5 heterocycles. The zero-order valence-electron chi connectivity index (χ0n) is 16.2. The first-order chi connectivity index (χ1) is 14.3. The van der Waals surface area contributed by atoms with Crippen LogP contribution >= 0.6 is 0 Å². The standard InChI is InChI=1S/C23H21N5O.Mn/c24-10-1-11-29-23-21-8-6-19(27-21)13-17-4-2-15(25-17)12-16-3-5-18(26-16)14-20-7-9-22(23)28-20;/h2-9,12-14,25,28H,1,10-11,24H2;. The van der Waals surface area contributed by atoms with Gasteiger partial charge in [-0.3, -0.25) is 0 Å². The van der Waals surface area contributed by atoms with Crippen LogP contribution < -0.4 is 10.5 Å². The van der Waals surface area contributed by atoms with Crippen molar-refractivity contribution in [1.82, 2.24) is 19.9 Å². The van der Waals surface area contributed by atoms with E-state index in [1.165, 1.54) is 0 Å². The fourth-order valence-electron chi connectivity index (χ4n) is 3.39. The molecule has 0 atom stereocenters. The molecule has 4 N–H and O–H groups in total. The van der Waals surface area contributed by atoms with Gasteiger partial charge in [-0.15, -0.1) is 0 Å². The molecule has 2 aliphatic heterocycles. The second-order valence-electron chi connectivity index (χ2n) is 7.00. The Morgan fingerprint density at radius 1 is 0.767 bits per heavy atom. The fraction of sp³-hybridized carbons (Fsp3) is 0.130. The maximum Gasteiger partial charge on any atom is 0.168 e. The number of H-pyrrole nitrogens is 2. The maximum atomic E-state index is 6.07. The minimum absolute atomic E-state index is 0. The third-order valence-corrected chi connectivity index (χ3v) is 4.77. The number of aromatic amines is 2. The van der Waals surface area contributed by atoms with Crippen LogP contribution in [0.25, 0.3) is 46.4 Å². The number of fused-ring (bicyclic) bond motifs is 8. The predicted octanol–water partition coefficient (Wildman–Crippen LogP) is 4.38. The number of nitrogens with two attached hydrogens (primary N) is 1. The summed E-state index contributed by atoms with van der Waals surface area (Å²) in [5, 5.41) is 0. The van der Waals surface area contributed by atoms with Gasteiger partial charge in [0, 0.05) is 33.6 Å². The number of hydrogen-bond donors (Lipinski definition) is 3. The van der Waals surface area contributed by atoms with Gasteiger partial charge >= 0.3 is 0 Å². The summed E-state index contributed by atoms with van der Waals surface area (Å²) in [5.74, 6) is 0.724. The van der Waals surface area contributed by atoms with Crippen LogP contribution in [0.4, 0.5) is 0 Å². The van der Waals surface area contributed by atoms with Crippen LogP contribution in [-0.2, 0) is 17.1 Å². The van der Waals surface area contributed by atoms with E-state index < -0.39 is 0 Å². The van der Waals surface area contributed by atoms with Crippen LogP contribution in [0.5, 0.6) is 5.75 Å². The number of ether oxygens (including phenoxy) is 1. The molecule has 2 aliphatic rings. The third-order valence-electron chi connectivity index (χ3n) is 4.77. The topological polar surface area (TPSA) is 92.6 Å². The van der Waals surface area contributed by atoms with Crippen molar-refractivity contribution in [3.8, 4) is 5.75 Å². The van der Waals surface area contributed by atoms with Gasteiger partial charge in [-0.05, 0) is 79.7 Å². The smallest absolute Gasteiger partial charge is 0.168 e. The van der Waals surface area contributed by atoms with E-state index in [2.05, 4.69) is 15.0 Å². The molecule has 30 heavy (non-hydrogen) atoms. The van der Waals surface area contributed by atoms with E-state index >= 15 is 0 Å². The molecule has 6 nitrogen and oxygen atoms in total. The molecule has 0 spiro atoms. The number of rotatable bonds is 4. The summed E-state index contributed by atoms with van der Waals surface area (Å²) < 4.78 is 6.07. The van der Waals surface area contributed by atoms with E-state index in [9.17, 15) is 0 Å². The van der Waals surface area contributed by atoms with Crippen molar-refractivity contribution in [3.63, 3.8) is 0 Å². The molecule has 5 rings (SSSR count). The maximum absolute atomic E-state index is 6.07. The van der Waals surface area contributed by atoms with Crippen molar-refractivity contribution in [1.29, 1.82) is 0 Å². The monoisotopic (exact) mass is 438 g/mol. The molecular weight excluding hydrogens is 417 g/mol. The van der Waals surface area contributed by atoms with Gasteiger partial charge in [-0.25, -0.2) is 9.97 Å². The largest absolute Gasteiger partial charge is 0.489 e. The first kappa shape index (κ1) is 20.2. The first-order valence-electron chi connectivity index (χ1n) is 9.67. The molecule has 0 fully saturated rings. The number of nitrogens with one attached hydrogen (secondary N) is 2. The Bertz CT molecular complexity index is 1290. The molecule has 0 unspecified atom stereocenters. The second-order valence-corrected chi connectivity index (χ2v) is 7.00. The quantitative estimate of drug-likeness (QED) is 0.287. The summed E-state index contributed by atoms with van der Waals surface area (Å²) in [4.78, 5) is 16.2. The van der Waals surface area contributed by atoms with Crippen LogP contribution in [0.1, 0.15) is 29.2 Å². The average Bonchev–Trinajstić information content (AvgIpc) is 3.49. The molecule has 0 aliphatic carbocycles. The van der Waals surface area contributed by atoms with Crippen molar-refractivity contribution >= 4 is 46.4 Å². The zero-order valence-corrected chi connectivity index (χ0v) is 17.4. The van der Waals surface area contributed by atoms with Gasteiger partial charge in [0.05, 0.1) is 29.2 Å². The van der Waals surface area contributed by atoms with Crippen LogP contribution in [0.15, 0.2) is 42.5 Å². The molecule has 3 aromatic rings. The van der Waals surface area contributed by atoms with E-state index in [0.29, 0.717) is 13.2 Å². The third kappa shape index (κ3) is 4.23. The fourth-order valence-corrected chi connectivity index (χ4v) is 3.39. The Kier molecular flexibility index (Phi) is 5.86. The van der Waals surface area contributed by atoms with Crippen molar-refractivity contribution in [3.05, 3.63) is 65.2 Å². The zero-order chi connectivity index (χ0) is 19.6. The summed E-state index contributed by atoms with van der Waals surface area (Å²) in [6.07, 6.45) is 8.77. The molecule has 0 amide bonds. The van der Waals surface area contributed by atoms with Gasteiger partial charge in [-0.2, -0.15) is 0 Å². The van der Waals surface area contributed by atoms with E-state index in [0.717, 1.165) is 57.0 Å². The number of nitrogens with zero attached hydrogens (tertiary/aromatic N) is 2. The number of aromatic nitrogens is 4. The van der Waals surface area contributed by atoms with Crippen LogP contribution in [-0.4, -0.2) is 33.1 Å². The first-order valence-corrected chi connectivity index (χ1v) is 9.67. The molecule has 151 valence electrons. The Morgan fingerprint density at radius 3 is 2.07 bits per heavy atom. The number of hydrogen-bond acceptors (Lipinski definition) is 4. The van der Waals surface area contributed by atoms with Gasteiger partial charge < -0.3 is 20.4 Å². The molecule has 0 saturated carbocycles. The van der Waals surface area contributed by atoms with Gasteiger partial charge in [0.15, 0.2) is 5.75 Å². The summed E-state index contributed by atoms with van der Waals surface area (Å²) in [5.41, 5.74) is 12.9. The molecular formula is C23H21MnN5O.